The molecule has 0 aromatic carbocycles. The number of amides is 1. The fourth-order valence-electron chi connectivity index (χ4n) is 1.42. The predicted octanol–water partition coefficient (Wildman–Crippen LogP) is 1.22. The molecule has 0 fully saturated rings. The second kappa shape index (κ2) is 6.84. The zero-order valence-corrected chi connectivity index (χ0v) is 14.8. The van der Waals surface area contributed by atoms with Crippen molar-refractivity contribution < 1.29 is 17.9 Å². The van der Waals surface area contributed by atoms with Gasteiger partial charge in [0.1, 0.15) is 10.8 Å². The van der Waals surface area contributed by atoms with E-state index in [0.717, 1.165) is 0 Å². The van der Waals surface area contributed by atoms with Crippen molar-refractivity contribution in [1.29, 1.82) is 0 Å². The summed E-state index contributed by atoms with van der Waals surface area (Å²) < 4.78 is 33.0. The van der Waals surface area contributed by atoms with Gasteiger partial charge in [0, 0.05) is 27.2 Å². The number of aryl methyl sites for hydroxylation is 1. The van der Waals surface area contributed by atoms with Crippen LogP contribution in [0.15, 0.2) is 11.4 Å². The number of nitrogens with one attached hydrogen (secondary N) is 1. The van der Waals surface area contributed by atoms with Crippen LogP contribution in [0, 0.1) is 0 Å². The fraction of sp³-hybridized carbons (Fsp3) is 0.667. The quantitative estimate of drug-likeness (QED) is 0.859. The van der Waals surface area contributed by atoms with E-state index in [4.69, 9.17) is 16.3 Å². The van der Waals surface area contributed by atoms with E-state index < -0.39 is 21.7 Å². The molecule has 0 aliphatic heterocycles. The number of halogens is 1. The summed E-state index contributed by atoms with van der Waals surface area (Å²) in [7, 11) is -0.707. The second-order valence-corrected chi connectivity index (χ2v) is 7.79. The normalized spacial score (nSPS) is 12.3. The molecule has 22 heavy (non-hydrogen) atoms. The zero-order valence-electron chi connectivity index (χ0n) is 13.3. The smallest absolute Gasteiger partial charge is 0.410 e. The topological polar surface area (TPSA) is 93.5 Å². The molecule has 0 aliphatic carbocycles. The average Bonchev–Trinajstić information content (AvgIpc) is 2.68. The first-order valence-electron chi connectivity index (χ1n) is 6.54. The number of ether oxygens (including phenoxy) is 1. The Morgan fingerprint density at radius 1 is 1.50 bits per heavy atom. The largest absolute Gasteiger partial charge is 0.444 e. The number of sulfonamides is 1. The highest BCUT2D eigenvalue weighted by Crippen LogP contribution is 2.18. The fourth-order valence-corrected chi connectivity index (χ4v) is 2.87. The predicted molar refractivity (Wildman–Crippen MR) is 82.3 cm³/mol. The molecule has 1 aromatic rings. The molecule has 0 saturated carbocycles. The summed E-state index contributed by atoms with van der Waals surface area (Å²) in [6.45, 7) is 5.43. The molecule has 1 amide bonds. The van der Waals surface area contributed by atoms with Crippen molar-refractivity contribution in [1.82, 2.24) is 19.2 Å². The molecular formula is C12H21ClN4O4S. The van der Waals surface area contributed by atoms with Gasteiger partial charge in [0.15, 0.2) is 0 Å². The Morgan fingerprint density at radius 3 is 2.55 bits per heavy atom. The van der Waals surface area contributed by atoms with E-state index in [1.54, 1.807) is 27.8 Å². The van der Waals surface area contributed by atoms with E-state index in [-0.39, 0.29) is 23.3 Å². The molecule has 0 spiro atoms. The summed E-state index contributed by atoms with van der Waals surface area (Å²) in [6, 6.07) is 0. The van der Waals surface area contributed by atoms with E-state index >= 15 is 0 Å². The van der Waals surface area contributed by atoms with E-state index in [2.05, 4.69) is 9.71 Å². The van der Waals surface area contributed by atoms with Crippen LogP contribution in [0.25, 0.3) is 0 Å². The lowest BCUT2D eigenvalue weighted by atomic mass is 10.2. The highest BCUT2D eigenvalue weighted by atomic mass is 35.5. The molecule has 0 unspecified atom stereocenters. The van der Waals surface area contributed by atoms with Crippen molar-refractivity contribution in [2.75, 3.05) is 20.1 Å². The third kappa shape index (κ3) is 5.15. The van der Waals surface area contributed by atoms with E-state index in [1.165, 1.54) is 22.8 Å². The maximum absolute atomic E-state index is 12.0. The van der Waals surface area contributed by atoms with E-state index in [0.29, 0.717) is 0 Å². The van der Waals surface area contributed by atoms with Gasteiger partial charge in [-0.25, -0.2) is 22.9 Å². The first-order chi connectivity index (χ1) is 9.94. The number of hydrogen-bond acceptors (Lipinski definition) is 5. The summed E-state index contributed by atoms with van der Waals surface area (Å²) >= 11 is 5.85. The molecule has 1 N–H and O–H groups in total. The zero-order chi connectivity index (χ0) is 17.1. The number of aromatic nitrogens is 2. The molecule has 1 aromatic heterocycles. The number of nitrogens with zero attached hydrogens (tertiary/aromatic N) is 3. The van der Waals surface area contributed by atoms with Crippen LogP contribution in [0.4, 0.5) is 4.79 Å². The van der Waals surface area contributed by atoms with Crippen molar-refractivity contribution in [3.63, 3.8) is 0 Å². The van der Waals surface area contributed by atoms with Gasteiger partial charge in [-0.15, -0.1) is 0 Å². The first kappa shape index (κ1) is 18.7. The minimum absolute atomic E-state index is 0.0188. The van der Waals surface area contributed by atoms with Crippen LogP contribution in [-0.4, -0.2) is 54.7 Å². The van der Waals surface area contributed by atoms with Crippen LogP contribution in [-0.2, 0) is 21.8 Å². The molecule has 0 aliphatic rings. The van der Waals surface area contributed by atoms with Crippen molar-refractivity contribution in [2.45, 2.75) is 31.4 Å². The average molecular weight is 353 g/mol. The molecular weight excluding hydrogens is 332 g/mol. The van der Waals surface area contributed by atoms with Gasteiger partial charge in [-0.3, -0.25) is 0 Å². The summed E-state index contributed by atoms with van der Waals surface area (Å²) in [5.41, 5.74) is -0.605. The van der Waals surface area contributed by atoms with Crippen LogP contribution in [0.3, 0.4) is 0 Å². The van der Waals surface area contributed by atoms with Gasteiger partial charge in [0.2, 0.25) is 5.03 Å². The number of hydrogen-bond donors (Lipinski definition) is 1. The standard InChI is InChI=1S/C12H21ClN4O4S/c1-12(2,3)21-11(18)16(4)7-6-15-22(19,20)10-9(13)17(5)8-14-10/h8,15H,6-7H2,1-5H3. The van der Waals surface area contributed by atoms with Gasteiger partial charge in [-0.05, 0) is 20.8 Å². The summed E-state index contributed by atoms with van der Waals surface area (Å²) in [6.07, 6.45) is 0.784. The molecule has 0 bridgehead atoms. The van der Waals surface area contributed by atoms with Gasteiger partial charge in [-0.2, -0.15) is 0 Å². The Kier molecular flexibility index (Phi) is 5.82. The Bertz CT molecular complexity index is 636. The van der Waals surface area contributed by atoms with Crippen molar-refractivity contribution in [2.24, 2.45) is 7.05 Å². The monoisotopic (exact) mass is 352 g/mol. The molecule has 0 radical (unpaired) electrons. The second-order valence-electron chi connectivity index (χ2n) is 5.75. The van der Waals surface area contributed by atoms with E-state index in [1.807, 2.05) is 0 Å². The number of carbonyl (C=O) groups is 1. The van der Waals surface area contributed by atoms with Crippen LogP contribution in [0.5, 0.6) is 0 Å². The van der Waals surface area contributed by atoms with E-state index in [9.17, 15) is 13.2 Å². The van der Waals surface area contributed by atoms with Crippen molar-refractivity contribution >= 4 is 27.7 Å². The lowest BCUT2D eigenvalue weighted by Crippen LogP contribution is -2.39. The number of imidazole rings is 1. The Labute approximate surface area is 135 Å². The molecule has 0 atom stereocenters. The minimum atomic E-state index is -3.82. The van der Waals surface area contributed by atoms with Gasteiger partial charge < -0.3 is 14.2 Å². The number of likely N-dealkylation sites (N-methyl/N-ethyl adjacent to an activating group) is 1. The molecule has 10 heteroatoms. The molecule has 0 saturated heterocycles. The molecule has 126 valence electrons. The molecule has 1 heterocycles. The Morgan fingerprint density at radius 2 is 2.09 bits per heavy atom. The first-order valence-corrected chi connectivity index (χ1v) is 8.41. The van der Waals surface area contributed by atoms with Gasteiger partial charge in [0.25, 0.3) is 10.0 Å². The summed E-state index contributed by atoms with van der Waals surface area (Å²) in [5.74, 6) is 0. The Balaban J connectivity index is 2.56. The number of carbonyl (C=O) groups excluding carboxylic acids is 1. The van der Waals surface area contributed by atoms with Crippen LogP contribution >= 0.6 is 11.6 Å². The van der Waals surface area contributed by atoms with Crippen molar-refractivity contribution in [3.05, 3.63) is 11.5 Å². The molecule has 8 nitrogen and oxygen atoms in total. The highest BCUT2D eigenvalue weighted by Gasteiger charge is 2.23. The highest BCUT2D eigenvalue weighted by molar-refractivity contribution is 7.89. The SMILES string of the molecule is CN(CCNS(=O)(=O)c1ncn(C)c1Cl)C(=O)OC(C)(C)C. The summed E-state index contributed by atoms with van der Waals surface area (Å²) in [4.78, 5) is 16.8. The van der Waals surface area contributed by atoms with Crippen LogP contribution < -0.4 is 4.72 Å². The van der Waals surface area contributed by atoms with Crippen molar-refractivity contribution in [3.8, 4) is 0 Å². The number of rotatable bonds is 5. The van der Waals surface area contributed by atoms with Gasteiger partial charge in [0.05, 0.1) is 6.33 Å². The third-order valence-electron chi connectivity index (χ3n) is 2.53. The van der Waals surface area contributed by atoms with Gasteiger partial charge >= 0.3 is 6.09 Å². The third-order valence-corrected chi connectivity index (χ3v) is 4.48. The Hall–Kier alpha value is -1.32. The van der Waals surface area contributed by atoms with Gasteiger partial charge in [-0.1, -0.05) is 11.6 Å². The van der Waals surface area contributed by atoms with Crippen LogP contribution in [0.1, 0.15) is 20.8 Å². The maximum atomic E-state index is 12.0. The van der Waals surface area contributed by atoms with Crippen LogP contribution in [0.2, 0.25) is 5.15 Å². The molecule has 1 rings (SSSR count). The lowest BCUT2D eigenvalue weighted by molar-refractivity contribution is 0.0302. The minimum Gasteiger partial charge on any atom is -0.444 e. The lowest BCUT2D eigenvalue weighted by Gasteiger charge is -2.24. The maximum Gasteiger partial charge on any atom is 0.410 e. The summed E-state index contributed by atoms with van der Waals surface area (Å²) in [5, 5.41) is -0.218.